The predicted molar refractivity (Wildman–Crippen MR) is 84.3 cm³/mol. The van der Waals surface area contributed by atoms with Crippen LogP contribution in [0.15, 0.2) is 66.0 Å². The Morgan fingerprint density at radius 3 is 1.00 bits per heavy atom. The van der Waals surface area contributed by atoms with Crippen molar-refractivity contribution in [3.8, 4) is 0 Å². The van der Waals surface area contributed by atoms with Gasteiger partial charge in [0.1, 0.15) is 0 Å². The zero-order valence-electron chi connectivity index (χ0n) is 15.5. The molecule has 0 saturated carbocycles. The first kappa shape index (κ1) is 29.1. The number of rotatable bonds is 3. The van der Waals surface area contributed by atoms with E-state index >= 15 is 0 Å². The van der Waals surface area contributed by atoms with E-state index in [4.69, 9.17) is 0 Å². The van der Waals surface area contributed by atoms with Gasteiger partial charge in [-0.15, -0.1) is 0 Å². The molecule has 0 spiro atoms. The number of hydrogen-bond acceptors (Lipinski definition) is 6. The summed E-state index contributed by atoms with van der Waals surface area (Å²) < 4.78 is 0. The van der Waals surface area contributed by atoms with Crippen molar-refractivity contribution in [1.29, 1.82) is 0 Å². The van der Waals surface area contributed by atoms with E-state index in [1.807, 2.05) is 41.5 Å². The molecule has 3 rings (SSSR count). The fourth-order valence-electron chi connectivity index (χ4n) is 3.85. The van der Waals surface area contributed by atoms with Crippen molar-refractivity contribution in [2.45, 2.75) is 58.2 Å². The van der Waals surface area contributed by atoms with Gasteiger partial charge in [0.2, 0.25) is 0 Å². The quantitative estimate of drug-likeness (QED) is 0.162. The summed E-state index contributed by atoms with van der Waals surface area (Å²) in [6.45, 7) is 12.0. The molecule has 6 nitrogen and oxygen atoms in total. The van der Waals surface area contributed by atoms with E-state index in [0.717, 1.165) is 23.0 Å². The summed E-state index contributed by atoms with van der Waals surface area (Å²) >= 11 is 0. The summed E-state index contributed by atoms with van der Waals surface area (Å²) in [5, 5.41) is 26.2. The molecule has 3 aliphatic rings. The van der Waals surface area contributed by atoms with Gasteiger partial charge < -0.3 is 71.9 Å². The molecule has 10 heteroatoms. The third-order valence-corrected chi connectivity index (χ3v) is 4.23. The maximum Gasteiger partial charge on any atom is 4.00 e. The maximum atomic E-state index is 4.51. The van der Waals surface area contributed by atoms with Crippen LogP contribution in [0.4, 0.5) is 0 Å². The zero-order chi connectivity index (χ0) is 16.2. The molecular weight excluding hydrogens is 705 g/mol. The Kier molecular flexibility index (Phi) is 11.3. The Morgan fingerprint density at radius 2 is 0.846 bits per heavy atom. The monoisotopic (exact) mass is 726 g/mol. The number of hydrogen-bond donors (Lipinski definition) is 0. The standard InChI is InChI=1S/C16H21N6.3HI.Ti/c1-10-7-14(4,20-17-10)13(15(5)8-11(2)18-21-15)16(6)9-12(3)19-22-16;;;;/h7-9H,1-6H3;3*1H;/q-1;;;;+4/p-3. The van der Waals surface area contributed by atoms with Gasteiger partial charge in [-0.2, -0.15) is 15.3 Å². The smallest absolute Gasteiger partial charge is 1.00 e. The van der Waals surface area contributed by atoms with Crippen molar-refractivity contribution in [2.75, 3.05) is 0 Å². The molecule has 0 aliphatic carbocycles. The van der Waals surface area contributed by atoms with Gasteiger partial charge in [-0.25, -0.2) is 21.3 Å². The Morgan fingerprint density at radius 1 is 0.615 bits per heavy atom. The molecular formula is C16H21I3N6Ti. The largest absolute Gasteiger partial charge is 4.00 e. The third kappa shape index (κ3) is 5.29. The average molecular weight is 726 g/mol. The van der Waals surface area contributed by atoms with Gasteiger partial charge in [0.05, 0.1) is 17.1 Å². The molecule has 0 aromatic rings. The number of halogens is 3. The second-order valence-electron chi connectivity index (χ2n) is 6.77. The molecule has 26 heavy (non-hydrogen) atoms. The molecule has 0 amide bonds. The van der Waals surface area contributed by atoms with Gasteiger partial charge in [0, 0.05) is 0 Å². The van der Waals surface area contributed by atoms with Crippen molar-refractivity contribution in [3.63, 3.8) is 0 Å². The first-order chi connectivity index (χ1) is 10.2. The van der Waals surface area contributed by atoms with Crippen LogP contribution in [0.1, 0.15) is 41.5 Å². The van der Waals surface area contributed by atoms with E-state index in [2.05, 4.69) is 48.9 Å². The van der Waals surface area contributed by atoms with Gasteiger partial charge in [-0.3, -0.25) is 0 Å². The van der Waals surface area contributed by atoms with Gasteiger partial charge in [0.25, 0.3) is 0 Å². The van der Waals surface area contributed by atoms with Crippen molar-refractivity contribution >= 4 is 0 Å². The summed E-state index contributed by atoms with van der Waals surface area (Å²) in [6, 6.07) is 0. The van der Waals surface area contributed by atoms with Crippen LogP contribution in [0.25, 0.3) is 0 Å². The maximum absolute atomic E-state index is 4.51. The van der Waals surface area contributed by atoms with Crippen LogP contribution < -0.4 is 71.9 Å². The molecule has 0 fully saturated rings. The van der Waals surface area contributed by atoms with Crippen molar-refractivity contribution in [1.82, 2.24) is 0 Å². The summed E-state index contributed by atoms with van der Waals surface area (Å²) in [4.78, 5) is 0. The molecule has 3 unspecified atom stereocenters. The molecule has 0 aromatic heterocycles. The summed E-state index contributed by atoms with van der Waals surface area (Å²) in [5.41, 5.74) is 0.977. The van der Waals surface area contributed by atoms with Crippen LogP contribution in [0, 0.1) is 5.92 Å². The van der Waals surface area contributed by atoms with Gasteiger partial charge in [-0.05, 0) is 37.4 Å². The number of allylic oxidation sites excluding steroid dienone is 3. The summed E-state index contributed by atoms with van der Waals surface area (Å²) in [6.07, 6.45) is 6.19. The van der Waals surface area contributed by atoms with Crippen LogP contribution in [-0.2, 0) is 21.7 Å². The fourth-order valence-corrected chi connectivity index (χ4v) is 3.85. The minimum atomic E-state index is -0.576. The van der Waals surface area contributed by atoms with Crippen LogP contribution in [0.5, 0.6) is 0 Å². The summed E-state index contributed by atoms with van der Waals surface area (Å²) in [5.74, 6) is 1.02. The molecule has 3 atom stereocenters. The van der Waals surface area contributed by atoms with Crippen molar-refractivity contribution < 1.29 is 93.6 Å². The van der Waals surface area contributed by atoms with Crippen LogP contribution in [0.2, 0.25) is 0 Å². The van der Waals surface area contributed by atoms with Crippen LogP contribution in [0.3, 0.4) is 0 Å². The normalized spacial score (nSPS) is 33.6. The number of nitrogens with zero attached hydrogens (tertiary/aromatic N) is 6. The van der Waals surface area contributed by atoms with Gasteiger partial charge >= 0.3 is 21.7 Å². The van der Waals surface area contributed by atoms with E-state index in [-0.39, 0.29) is 93.6 Å². The Hall–Kier alpha value is 0.924. The first-order valence-corrected chi connectivity index (χ1v) is 7.42. The second-order valence-corrected chi connectivity index (χ2v) is 6.77. The predicted octanol–water partition coefficient (Wildman–Crippen LogP) is -4.04. The number of azo groups is 3. The van der Waals surface area contributed by atoms with Crippen molar-refractivity contribution in [3.05, 3.63) is 41.2 Å². The second kappa shape index (κ2) is 10.1. The molecule has 0 N–H and O–H groups in total. The molecule has 140 valence electrons. The van der Waals surface area contributed by atoms with Gasteiger partial charge in [-0.1, -0.05) is 39.0 Å². The SMILES string of the molecule is CC1=CC(C)([C-](C2(C)C=C(C)N=N2)C2(C)C=C(C)N=N2)N=N1.[I-].[I-].[I-].[Ti+4]. The molecule has 0 aromatic carbocycles. The van der Waals surface area contributed by atoms with E-state index in [1.54, 1.807) is 0 Å². The molecule has 3 heterocycles. The summed E-state index contributed by atoms with van der Waals surface area (Å²) in [7, 11) is 0. The van der Waals surface area contributed by atoms with Crippen molar-refractivity contribution in [2.24, 2.45) is 30.7 Å². The molecule has 3 aliphatic heterocycles. The zero-order valence-corrected chi connectivity index (χ0v) is 23.6. The Labute approximate surface area is 221 Å². The van der Waals surface area contributed by atoms with E-state index < -0.39 is 16.6 Å². The molecule has 0 radical (unpaired) electrons. The van der Waals surface area contributed by atoms with Crippen LogP contribution >= 0.6 is 0 Å². The van der Waals surface area contributed by atoms with Gasteiger partial charge in [0.15, 0.2) is 0 Å². The Balaban J connectivity index is 0. The van der Waals surface area contributed by atoms with E-state index in [0.29, 0.717) is 0 Å². The minimum absolute atomic E-state index is 0. The Bertz CT molecular complexity index is 622. The first-order valence-electron chi connectivity index (χ1n) is 7.42. The topological polar surface area (TPSA) is 74.2 Å². The fraction of sp³-hybridized carbons (Fsp3) is 0.562. The molecule has 0 saturated heterocycles. The van der Waals surface area contributed by atoms with Crippen LogP contribution in [-0.4, -0.2) is 16.6 Å². The van der Waals surface area contributed by atoms with E-state index in [1.165, 1.54) is 0 Å². The van der Waals surface area contributed by atoms with E-state index in [9.17, 15) is 0 Å². The third-order valence-electron chi connectivity index (χ3n) is 4.23. The average Bonchev–Trinajstić information content (AvgIpc) is 3.01. The minimum Gasteiger partial charge on any atom is -1.00 e. The molecule has 0 bridgehead atoms.